The summed E-state index contributed by atoms with van der Waals surface area (Å²) in [7, 11) is -3.73. The van der Waals surface area contributed by atoms with Crippen LogP contribution in [0.15, 0.2) is 71.2 Å². The van der Waals surface area contributed by atoms with Crippen LogP contribution in [0.2, 0.25) is 0 Å². The van der Waals surface area contributed by atoms with Gasteiger partial charge in [0.1, 0.15) is 5.75 Å². The van der Waals surface area contributed by atoms with E-state index in [1.54, 1.807) is 11.4 Å². The van der Waals surface area contributed by atoms with E-state index >= 15 is 0 Å². The Labute approximate surface area is 170 Å². The van der Waals surface area contributed by atoms with Crippen molar-refractivity contribution in [2.45, 2.75) is 4.90 Å². The largest absolute Gasteiger partial charge is 0.484 e. The van der Waals surface area contributed by atoms with E-state index < -0.39 is 10.0 Å². The van der Waals surface area contributed by atoms with E-state index in [4.69, 9.17) is 4.74 Å². The molecule has 0 bridgehead atoms. The molecule has 0 fully saturated rings. The van der Waals surface area contributed by atoms with Gasteiger partial charge in [0.15, 0.2) is 11.7 Å². The fourth-order valence-corrected chi connectivity index (χ4v) is 4.42. The van der Waals surface area contributed by atoms with E-state index in [2.05, 4.69) is 20.0 Å². The SMILES string of the molecule is O=C(COc1ccc2[nH]ccc2c1)Nc1ccc(S(=O)(=O)Nc2nccs2)cc1. The van der Waals surface area contributed by atoms with Crippen molar-refractivity contribution in [3.8, 4) is 5.75 Å². The second-order valence-electron chi connectivity index (χ2n) is 6.03. The number of benzene rings is 2. The first kappa shape index (κ1) is 19.0. The molecule has 0 aliphatic rings. The van der Waals surface area contributed by atoms with Crippen molar-refractivity contribution in [3.63, 3.8) is 0 Å². The molecule has 3 N–H and O–H groups in total. The summed E-state index contributed by atoms with van der Waals surface area (Å²) in [5.74, 6) is 0.234. The van der Waals surface area contributed by atoms with E-state index in [1.165, 1.54) is 41.8 Å². The molecule has 0 aliphatic heterocycles. The quantitative estimate of drug-likeness (QED) is 0.417. The number of aromatic nitrogens is 2. The predicted molar refractivity (Wildman–Crippen MR) is 112 cm³/mol. The molecule has 8 nitrogen and oxygen atoms in total. The Bertz CT molecular complexity index is 1230. The number of fused-ring (bicyclic) bond motifs is 1. The van der Waals surface area contributed by atoms with Crippen LogP contribution in [0.4, 0.5) is 10.8 Å². The first-order valence-electron chi connectivity index (χ1n) is 8.52. The van der Waals surface area contributed by atoms with Gasteiger partial charge in [0.2, 0.25) is 0 Å². The molecule has 0 saturated heterocycles. The first-order valence-corrected chi connectivity index (χ1v) is 10.9. The molecule has 0 radical (unpaired) electrons. The minimum absolute atomic E-state index is 0.0711. The molecular formula is C19H16N4O4S2. The van der Waals surface area contributed by atoms with Crippen LogP contribution >= 0.6 is 11.3 Å². The highest BCUT2D eigenvalue weighted by Gasteiger charge is 2.15. The zero-order chi connectivity index (χ0) is 20.3. The van der Waals surface area contributed by atoms with E-state index in [9.17, 15) is 13.2 Å². The molecule has 0 unspecified atom stereocenters. The van der Waals surface area contributed by atoms with Crippen molar-refractivity contribution < 1.29 is 17.9 Å². The van der Waals surface area contributed by atoms with Gasteiger partial charge in [-0.3, -0.25) is 9.52 Å². The lowest BCUT2D eigenvalue weighted by Crippen LogP contribution is -2.20. The van der Waals surface area contributed by atoms with Crippen molar-refractivity contribution in [2.24, 2.45) is 0 Å². The Morgan fingerprint density at radius 3 is 2.72 bits per heavy atom. The number of carbonyl (C=O) groups is 1. The molecule has 1 amide bonds. The van der Waals surface area contributed by atoms with Crippen LogP contribution in [-0.2, 0) is 14.8 Å². The number of hydrogen-bond acceptors (Lipinski definition) is 6. The average Bonchev–Trinajstić information content (AvgIpc) is 3.37. The van der Waals surface area contributed by atoms with Crippen LogP contribution in [0.25, 0.3) is 10.9 Å². The standard InChI is InChI=1S/C19H16N4O4S2/c24-18(12-27-15-3-6-17-13(11-15)7-8-20-17)22-14-1-4-16(5-2-14)29(25,26)23-19-21-9-10-28-19/h1-11,20H,12H2,(H,21,23)(H,22,24). The van der Waals surface area contributed by atoms with Crippen LogP contribution in [0.5, 0.6) is 5.75 Å². The number of sulfonamides is 1. The minimum Gasteiger partial charge on any atom is -0.484 e. The molecule has 0 saturated carbocycles. The van der Waals surface area contributed by atoms with Gasteiger partial charge in [0, 0.05) is 34.4 Å². The molecule has 2 aromatic carbocycles. The smallest absolute Gasteiger partial charge is 0.263 e. The highest BCUT2D eigenvalue weighted by Crippen LogP contribution is 2.21. The summed E-state index contributed by atoms with van der Waals surface area (Å²) in [6.45, 7) is -0.165. The number of thiazole rings is 1. The number of ether oxygens (including phenoxy) is 1. The van der Waals surface area contributed by atoms with Crippen molar-refractivity contribution in [3.05, 3.63) is 66.3 Å². The van der Waals surface area contributed by atoms with Gasteiger partial charge in [-0.2, -0.15) is 0 Å². The van der Waals surface area contributed by atoms with Gasteiger partial charge >= 0.3 is 0 Å². The molecule has 0 aliphatic carbocycles. The van der Waals surface area contributed by atoms with E-state index in [-0.39, 0.29) is 22.5 Å². The third kappa shape index (κ3) is 4.55. The maximum atomic E-state index is 12.3. The number of aromatic amines is 1. The number of nitrogens with zero attached hydrogens (tertiary/aromatic N) is 1. The van der Waals surface area contributed by atoms with Gasteiger partial charge in [-0.15, -0.1) is 11.3 Å². The normalized spacial score (nSPS) is 11.3. The Morgan fingerprint density at radius 1 is 1.14 bits per heavy atom. The molecular weight excluding hydrogens is 412 g/mol. The third-order valence-corrected chi connectivity index (χ3v) is 6.17. The maximum Gasteiger partial charge on any atom is 0.263 e. The van der Waals surface area contributed by atoms with Crippen molar-refractivity contribution in [1.29, 1.82) is 0 Å². The lowest BCUT2D eigenvalue weighted by molar-refractivity contribution is -0.118. The molecule has 2 heterocycles. The van der Waals surface area contributed by atoms with Crippen molar-refractivity contribution in [1.82, 2.24) is 9.97 Å². The number of carbonyl (C=O) groups excluding carboxylic acids is 1. The van der Waals surface area contributed by atoms with Gasteiger partial charge in [-0.05, 0) is 48.5 Å². The molecule has 4 aromatic rings. The second-order valence-corrected chi connectivity index (χ2v) is 8.61. The van der Waals surface area contributed by atoms with Gasteiger partial charge in [0.05, 0.1) is 4.90 Å². The molecule has 0 spiro atoms. The molecule has 29 heavy (non-hydrogen) atoms. The summed E-state index contributed by atoms with van der Waals surface area (Å²) in [5, 5.41) is 5.63. The second kappa shape index (κ2) is 7.94. The van der Waals surface area contributed by atoms with Gasteiger partial charge in [0.25, 0.3) is 15.9 Å². The fraction of sp³-hybridized carbons (Fsp3) is 0.0526. The molecule has 148 valence electrons. The molecule has 10 heteroatoms. The Kier molecular flexibility index (Phi) is 5.19. The lowest BCUT2D eigenvalue weighted by atomic mass is 10.2. The van der Waals surface area contributed by atoms with E-state index in [1.807, 2.05) is 24.4 Å². The number of hydrogen-bond donors (Lipinski definition) is 3. The van der Waals surface area contributed by atoms with Crippen LogP contribution in [0.3, 0.4) is 0 Å². The zero-order valence-corrected chi connectivity index (χ0v) is 16.6. The number of nitrogens with one attached hydrogen (secondary N) is 3. The van der Waals surface area contributed by atoms with E-state index in [0.29, 0.717) is 11.4 Å². The summed E-state index contributed by atoms with van der Waals surface area (Å²) in [4.78, 5) is 19.2. The Hall–Kier alpha value is -3.37. The monoisotopic (exact) mass is 428 g/mol. The molecule has 2 aromatic heterocycles. The summed E-state index contributed by atoms with van der Waals surface area (Å²) in [6.07, 6.45) is 3.34. The van der Waals surface area contributed by atoms with Crippen molar-refractivity contribution in [2.75, 3.05) is 16.6 Å². The van der Waals surface area contributed by atoms with Crippen LogP contribution in [0.1, 0.15) is 0 Å². The number of anilines is 2. The lowest BCUT2D eigenvalue weighted by Gasteiger charge is -2.09. The van der Waals surface area contributed by atoms with Gasteiger partial charge in [-0.1, -0.05) is 0 Å². The Balaban J connectivity index is 1.34. The average molecular weight is 428 g/mol. The number of amides is 1. The fourth-order valence-electron chi connectivity index (χ4n) is 2.63. The number of H-pyrrole nitrogens is 1. The first-order chi connectivity index (χ1) is 14.0. The third-order valence-electron chi connectivity index (χ3n) is 4.00. The van der Waals surface area contributed by atoms with Gasteiger partial charge in [-0.25, -0.2) is 13.4 Å². The summed E-state index contributed by atoms with van der Waals surface area (Å²) < 4.78 is 32.5. The molecule has 4 rings (SSSR count). The van der Waals surface area contributed by atoms with Gasteiger partial charge < -0.3 is 15.0 Å². The van der Waals surface area contributed by atoms with Crippen LogP contribution in [0, 0.1) is 0 Å². The number of rotatable bonds is 7. The van der Waals surface area contributed by atoms with Crippen LogP contribution < -0.4 is 14.8 Å². The van der Waals surface area contributed by atoms with Crippen molar-refractivity contribution >= 4 is 49.0 Å². The topological polar surface area (TPSA) is 113 Å². The summed E-state index contributed by atoms with van der Waals surface area (Å²) in [6, 6.07) is 13.3. The highest BCUT2D eigenvalue weighted by molar-refractivity contribution is 7.93. The summed E-state index contributed by atoms with van der Waals surface area (Å²) >= 11 is 1.19. The minimum atomic E-state index is -3.73. The van der Waals surface area contributed by atoms with Crippen LogP contribution in [-0.4, -0.2) is 30.9 Å². The summed E-state index contributed by atoms with van der Waals surface area (Å²) in [5.41, 5.74) is 1.45. The molecule has 0 atom stereocenters. The highest BCUT2D eigenvalue weighted by atomic mass is 32.2. The zero-order valence-electron chi connectivity index (χ0n) is 15.0. The Morgan fingerprint density at radius 2 is 1.97 bits per heavy atom. The maximum absolute atomic E-state index is 12.3. The van der Waals surface area contributed by atoms with E-state index in [0.717, 1.165) is 10.9 Å². The predicted octanol–water partition coefficient (Wildman–Crippen LogP) is 3.44.